The molecule has 1 aromatic carbocycles. The van der Waals surface area contributed by atoms with Crippen molar-refractivity contribution >= 4 is 5.71 Å². The van der Waals surface area contributed by atoms with Gasteiger partial charge >= 0.3 is 0 Å². The van der Waals surface area contributed by atoms with Crippen LogP contribution >= 0.6 is 0 Å². The molecule has 18 heavy (non-hydrogen) atoms. The van der Waals surface area contributed by atoms with Gasteiger partial charge < -0.3 is 9.94 Å². The van der Waals surface area contributed by atoms with Gasteiger partial charge in [0.05, 0.1) is 12.3 Å². The van der Waals surface area contributed by atoms with Gasteiger partial charge in [-0.3, -0.25) is 0 Å². The third kappa shape index (κ3) is 2.09. The molecule has 1 aromatic rings. The largest absolute Gasteiger partial charge is 0.493 e. The first-order chi connectivity index (χ1) is 8.88. The second-order valence-corrected chi connectivity index (χ2v) is 5.29. The number of hydrogen-bond acceptors (Lipinski definition) is 3. The molecule has 0 aromatic heterocycles. The Balaban J connectivity index is 1.75. The van der Waals surface area contributed by atoms with Crippen molar-refractivity contribution in [2.45, 2.75) is 38.5 Å². The zero-order valence-corrected chi connectivity index (χ0v) is 10.6. The Morgan fingerprint density at radius 3 is 2.83 bits per heavy atom. The lowest BCUT2D eigenvalue weighted by molar-refractivity contribution is 0.250. The highest BCUT2D eigenvalue weighted by Crippen LogP contribution is 2.32. The third-order valence-electron chi connectivity index (χ3n) is 4.13. The number of nitrogens with zero attached hydrogens (tertiary/aromatic N) is 1. The maximum absolute atomic E-state index is 8.95. The van der Waals surface area contributed by atoms with Gasteiger partial charge in [0, 0.05) is 11.1 Å². The highest BCUT2D eigenvalue weighted by molar-refractivity contribution is 6.04. The SMILES string of the molecule is ON=C1CCc2c(OCC3CCCC3)cccc21. The highest BCUT2D eigenvalue weighted by atomic mass is 16.5. The topological polar surface area (TPSA) is 41.8 Å². The molecule has 0 spiro atoms. The Labute approximate surface area is 107 Å². The number of rotatable bonds is 3. The summed E-state index contributed by atoms with van der Waals surface area (Å²) in [6.07, 6.45) is 7.05. The van der Waals surface area contributed by atoms with Crippen molar-refractivity contribution in [2.75, 3.05) is 6.61 Å². The Morgan fingerprint density at radius 1 is 1.22 bits per heavy atom. The molecule has 0 radical (unpaired) electrons. The maximum atomic E-state index is 8.95. The molecule has 0 atom stereocenters. The molecular weight excluding hydrogens is 226 g/mol. The zero-order valence-electron chi connectivity index (χ0n) is 10.6. The van der Waals surface area contributed by atoms with Crippen molar-refractivity contribution in [3.05, 3.63) is 29.3 Å². The minimum Gasteiger partial charge on any atom is -0.493 e. The van der Waals surface area contributed by atoms with Crippen LogP contribution in [0.2, 0.25) is 0 Å². The highest BCUT2D eigenvalue weighted by Gasteiger charge is 2.22. The van der Waals surface area contributed by atoms with E-state index in [2.05, 4.69) is 5.16 Å². The second-order valence-electron chi connectivity index (χ2n) is 5.29. The predicted octanol–water partition coefficient (Wildman–Crippen LogP) is 3.38. The molecule has 0 saturated heterocycles. The Hall–Kier alpha value is -1.51. The van der Waals surface area contributed by atoms with E-state index in [0.717, 1.165) is 42.4 Å². The first-order valence-electron chi connectivity index (χ1n) is 6.84. The fourth-order valence-electron chi connectivity index (χ4n) is 3.10. The summed E-state index contributed by atoms with van der Waals surface area (Å²) in [5.41, 5.74) is 3.06. The van der Waals surface area contributed by atoms with Gasteiger partial charge in [-0.2, -0.15) is 0 Å². The molecule has 2 aliphatic carbocycles. The molecule has 0 unspecified atom stereocenters. The molecule has 1 saturated carbocycles. The minimum atomic E-state index is 0.730. The van der Waals surface area contributed by atoms with Crippen molar-refractivity contribution in [1.82, 2.24) is 0 Å². The Bertz CT molecular complexity index is 462. The number of oxime groups is 1. The average Bonchev–Trinajstić information content (AvgIpc) is 3.05. The van der Waals surface area contributed by atoms with Gasteiger partial charge in [0.15, 0.2) is 0 Å². The Kier molecular flexibility index (Phi) is 3.22. The number of ether oxygens (including phenoxy) is 1. The number of benzene rings is 1. The lowest BCUT2D eigenvalue weighted by Crippen LogP contribution is -2.09. The molecule has 0 aliphatic heterocycles. The monoisotopic (exact) mass is 245 g/mol. The molecule has 96 valence electrons. The normalized spacial score (nSPS) is 21.4. The molecule has 1 N–H and O–H groups in total. The van der Waals surface area contributed by atoms with E-state index in [-0.39, 0.29) is 0 Å². The molecule has 0 bridgehead atoms. The lowest BCUT2D eigenvalue weighted by Gasteiger charge is -2.14. The van der Waals surface area contributed by atoms with E-state index >= 15 is 0 Å². The van der Waals surface area contributed by atoms with E-state index in [1.54, 1.807) is 0 Å². The second kappa shape index (κ2) is 5.01. The van der Waals surface area contributed by atoms with Crippen LogP contribution in [0.25, 0.3) is 0 Å². The van der Waals surface area contributed by atoms with E-state index < -0.39 is 0 Å². The molecule has 0 amide bonds. The van der Waals surface area contributed by atoms with Crippen LogP contribution in [0.4, 0.5) is 0 Å². The van der Waals surface area contributed by atoms with Gasteiger partial charge in [0.25, 0.3) is 0 Å². The van der Waals surface area contributed by atoms with Gasteiger partial charge in [-0.25, -0.2) is 0 Å². The van der Waals surface area contributed by atoms with E-state index in [1.165, 1.54) is 31.2 Å². The fraction of sp³-hybridized carbons (Fsp3) is 0.533. The van der Waals surface area contributed by atoms with Crippen LogP contribution in [0.5, 0.6) is 5.75 Å². The molecule has 3 nitrogen and oxygen atoms in total. The zero-order chi connectivity index (χ0) is 12.4. The van der Waals surface area contributed by atoms with Crippen LogP contribution in [0.15, 0.2) is 23.4 Å². The smallest absolute Gasteiger partial charge is 0.123 e. The third-order valence-corrected chi connectivity index (χ3v) is 4.13. The van der Waals surface area contributed by atoms with E-state index in [0.29, 0.717) is 0 Å². The van der Waals surface area contributed by atoms with Crippen LogP contribution in [0.1, 0.15) is 43.2 Å². The first kappa shape index (κ1) is 11.6. The van der Waals surface area contributed by atoms with Gasteiger partial charge in [-0.15, -0.1) is 0 Å². The summed E-state index contributed by atoms with van der Waals surface area (Å²) in [7, 11) is 0. The van der Waals surface area contributed by atoms with Crippen molar-refractivity contribution in [1.29, 1.82) is 0 Å². The fourth-order valence-corrected chi connectivity index (χ4v) is 3.10. The van der Waals surface area contributed by atoms with Crippen molar-refractivity contribution in [2.24, 2.45) is 11.1 Å². The molecule has 2 aliphatic rings. The van der Waals surface area contributed by atoms with Crippen LogP contribution in [-0.4, -0.2) is 17.5 Å². The average molecular weight is 245 g/mol. The predicted molar refractivity (Wildman–Crippen MR) is 70.5 cm³/mol. The molecular formula is C15H19NO2. The number of hydrogen-bond donors (Lipinski definition) is 1. The standard InChI is InChI=1S/C15H19NO2/c17-16-14-9-8-13-12(14)6-3-7-15(13)18-10-11-4-1-2-5-11/h3,6-7,11,17H,1-2,4-5,8-10H2. The van der Waals surface area contributed by atoms with Crippen molar-refractivity contribution in [3.63, 3.8) is 0 Å². The van der Waals surface area contributed by atoms with Crippen LogP contribution in [0.3, 0.4) is 0 Å². The van der Waals surface area contributed by atoms with E-state index in [9.17, 15) is 0 Å². The molecule has 1 fully saturated rings. The number of fused-ring (bicyclic) bond motifs is 1. The van der Waals surface area contributed by atoms with Crippen LogP contribution in [0, 0.1) is 5.92 Å². The summed E-state index contributed by atoms with van der Waals surface area (Å²) in [6.45, 7) is 0.835. The summed E-state index contributed by atoms with van der Waals surface area (Å²) in [5.74, 6) is 1.71. The summed E-state index contributed by atoms with van der Waals surface area (Å²) in [6, 6.07) is 6.03. The van der Waals surface area contributed by atoms with Gasteiger partial charge in [-0.05, 0) is 37.7 Å². The van der Waals surface area contributed by atoms with Gasteiger partial charge in [-0.1, -0.05) is 30.1 Å². The molecule has 3 heteroatoms. The summed E-state index contributed by atoms with van der Waals surface area (Å²) in [5, 5.41) is 12.3. The van der Waals surface area contributed by atoms with Gasteiger partial charge in [0.2, 0.25) is 0 Å². The van der Waals surface area contributed by atoms with Crippen molar-refractivity contribution in [3.8, 4) is 5.75 Å². The molecule has 0 heterocycles. The quantitative estimate of drug-likeness (QED) is 0.655. The maximum Gasteiger partial charge on any atom is 0.123 e. The molecule has 3 rings (SSSR count). The van der Waals surface area contributed by atoms with Gasteiger partial charge in [0.1, 0.15) is 5.75 Å². The van der Waals surface area contributed by atoms with E-state index in [1.807, 2.05) is 18.2 Å². The lowest BCUT2D eigenvalue weighted by atomic mass is 10.1. The van der Waals surface area contributed by atoms with Crippen LogP contribution < -0.4 is 4.74 Å². The minimum absolute atomic E-state index is 0.730. The first-order valence-corrected chi connectivity index (χ1v) is 6.84. The Morgan fingerprint density at radius 2 is 2.06 bits per heavy atom. The van der Waals surface area contributed by atoms with Crippen molar-refractivity contribution < 1.29 is 9.94 Å². The summed E-state index contributed by atoms with van der Waals surface area (Å²) >= 11 is 0. The van der Waals surface area contributed by atoms with Crippen LogP contribution in [-0.2, 0) is 6.42 Å². The summed E-state index contributed by atoms with van der Waals surface area (Å²) in [4.78, 5) is 0. The summed E-state index contributed by atoms with van der Waals surface area (Å²) < 4.78 is 5.99. The van der Waals surface area contributed by atoms with E-state index in [4.69, 9.17) is 9.94 Å².